The predicted molar refractivity (Wildman–Crippen MR) is 61.9 cm³/mol. The lowest BCUT2D eigenvalue weighted by atomic mass is 9.94. The Balaban J connectivity index is 3.13. The molecule has 0 fully saturated rings. The van der Waals surface area contributed by atoms with Crippen molar-refractivity contribution in [3.05, 3.63) is 28.3 Å². The lowest BCUT2D eigenvalue weighted by Crippen LogP contribution is -2.16. The second kappa shape index (κ2) is 5.18. The summed E-state index contributed by atoms with van der Waals surface area (Å²) < 4.78 is 0. The summed E-state index contributed by atoms with van der Waals surface area (Å²) in [6, 6.07) is 3.00. The summed E-state index contributed by atoms with van der Waals surface area (Å²) >= 11 is 6.06. The van der Waals surface area contributed by atoms with Crippen molar-refractivity contribution in [2.75, 3.05) is 6.54 Å². The van der Waals surface area contributed by atoms with Gasteiger partial charge in [-0.1, -0.05) is 11.6 Å². The van der Waals surface area contributed by atoms with Gasteiger partial charge in [-0.05, 0) is 36.7 Å². The van der Waals surface area contributed by atoms with Crippen LogP contribution >= 0.6 is 11.6 Å². The number of carboxylic acid groups (broad SMARTS) is 1. The van der Waals surface area contributed by atoms with E-state index in [0.29, 0.717) is 16.1 Å². The third-order valence-electron chi connectivity index (χ3n) is 2.41. The van der Waals surface area contributed by atoms with Crippen LogP contribution in [0.4, 0.5) is 0 Å². The summed E-state index contributed by atoms with van der Waals surface area (Å²) in [7, 11) is 0. The van der Waals surface area contributed by atoms with Crippen LogP contribution in [0.25, 0.3) is 0 Å². The molecule has 0 aliphatic rings. The van der Waals surface area contributed by atoms with Crippen LogP contribution in [-0.4, -0.2) is 22.7 Å². The number of aromatic hydroxyl groups is 1. The fourth-order valence-electron chi connectivity index (χ4n) is 1.61. The summed E-state index contributed by atoms with van der Waals surface area (Å²) in [5.74, 6) is -1.25. The first-order valence-corrected chi connectivity index (χ1v) is 5.24. The number of aliphatic carboxylic acids is 1. The number of aryl methyl sites for hydroxylation is 1. The third kappa shape index (κ3) is 2.87. The van der Waals surface area contributed by atoms with Crippen molar-refractivity contribution in [3.8, 4) is 5.75 Å². The summed E-state index contributed by atoms with van der Waals surface area (Å²) in [4.78, 5) is 10.7. The van der Waals surface area contributed by atoms with E-state index in [1.807, 2.05) is 0 Å². The second-order valence-corrected chi connectivity index (χ2v) is 4.07. The quantitative estimate of drug-likeness (QED) is 0.754. The Morgan fingerprint density at radius 2 is 2.19 bits per heavy atom. The molecule has 0 aliphatic heterocycles. The van der Waals surface area contributed by atoms with Crippen molar-refractivity contribution in [3.63, 3.8) is 0 Å². The van der Waals surface area contributed by atoms with Gasteiger partial charge in [-0.15, -0.1) is 0 Å². The van der Waals surface area contributed by atoms with Crippen LogP contribution in [-0.2, 0) is 4.79 Å². The van der Waals surface area contributed by atoms with Gasteiger partial charge in [0.1, 0.15) is 5.75 Å². The third-order valence-corrected chi connectivity index (χ3v) is 2.93. The number of rotatable bonds is 4. The topological polar surface area (TPSA) is 83.5 Å². The summed E-state index contributed by atoms with van der Waals surface area (Å²) in [5, 5.41) is 18.7. The minimum absolute atomic E-state index is 0.0701. The average Bonchev–Trinajstić information content (AvgIpc) is 2.20. The van der Waals surface area contributed by atoms with Crippen LogP contribution in [0.5, 0.6) is 5.75 Å². The fourth-order valence-corrected chi connectivity index (χ4v) is 1.87. The predicted octanol–water partition coefficient (Wildman–Crippen LogP) is 1.87. The molecule has 1 aromatic rings. The molecule has 0 aromatic heterocycles. The molecule has 88 valence electrons. The molecule has 0 aliphatic carbocycles. The molecule has 4 nitrogen and oxygen atoms in total. The van der Waals surface area contributed by atoms with E-state index >= 15 is 0 Å². The Hall–Kier alpha value is -1.26. The van der Waals surface area contributed by atoms with Gasteiger partial charge in [0.2, 0.25) is 0 Å². The first-order valence-electron chi connectivity index (χ1n) is 4.86. The number of benzene rings is 1. The molecule has 0 saturated heterocycles. The van der Waals surface area contributed by atoms with E-state index in [1.54, 1.807) is 6.92 Å². The molecule has 0 saturated carbocycles. The average molecular weight is 244 g/mol. The summed E-state index contributed by atoms with van der Waals surface area (Å²) in [6.07, 6.45) is -0.0981. The maximum absolute atomic E-state index is 10.7. The molecule has 1 rings (SSSR count). The molecular weight excluding hydrogens is 230 g/mol. The molecule has 1 aromatic carbocycles. The SMILES string of the molecule is Cc1cc(O)cc(C(CN)CC(=O)O)c1Cl. The summed E-state index contributed by atoms with van der Waals surface area (Å²) in [5.41, 5.74) is 6.81. The van der Waals surface area contributed by atoms with E-state index < -0.39 is 5.97 Å². The Labute approximate surface area is 98.6 Å². The number of nitrogens with two attached hydrogens (primary N) is 1. The number of phenols is 1. The number of phenolic OH excluding ortho intramolecular Hbond substituents is 1. The highest BCUT2D eigenvalue weighted by molar-refractivity contribution is 6.32. The van der Waals surface area contributed by atoms with Crippen LogP contribution in [0.2, 0.25) is 5.02 Å². The molecule has 5 heteroatoms. The van der Waals surface area contributed by atoms with Gasteiger partial charge < -0.3 is 15.9 Å². The fraction of sp³-hybridized carbons (Fsp3) is 0.364. The van der Waals surface area contributed by atoms with Crippen molar-refractivity contribution in [2.45, 2.75) is 19.3 Å². The molecule has 16 heavy (non-hydrogen) atoms. The largest absolute Gasteiger partial charge is 0.508 e. The zero-order chi connectivity index (χ0) is 12.3. The second-order valence-electron chi connectivity index (χ2n) is 3.70. The Morgan fingerprint density at radius 1 is 1.56 bits per heavy atom. The van der Waals surface area contributed by atoms with Crippen LogP contribution in [0.1, 0.15) is 23.5 Å². The Morgan fingerprint density at radius 3 is 2.69 bits per heavy atom. The molecule has 1 atom stereocenters. The first kappa shape index (κ1) is 12.8. The van der Waals surface area contributed by atoms with Crippen LogP contribution in [0.3, 0.4) is 0 Å². The van der Waals surface area contributed by atoms with E-state index in [9.17, 15) is 9.90 Å². The number of hydrogen-bond acceptors (Lipinski definition) is 3. The van der Waals surface area contributed by atoms with Crippen LogP contribution < -0.4 is 5.73 Å². The summed E-state index contributed by atoms with van der Waals surface area (Å²) in [6.45, 7) is 1.93. The molecule has 1 unspecified atom stereocenters. The van der Waals surface area contributed by atoms with Crippen LogP contribution in [0, 0.1) is 6.92 Å². The Kier molecular flexibility index (Phi) is 4.15. The monoisotopic (exact) mass is 243 g/mol. The highest BCUT2D eigenvalue weighted by Gasteiger charge is 2.18. The first-order chi connectivity index (χ1) is 7.45. The van der Waals surface area contributed by atoms with Gasteiger partial charge in [0.25, 0.3) is 0 Å². The van der Waals surface area contributed by atoms with Crippen molar-refractivity contribution >= 4 is 17.6 Å². The molecule has 0 spiro atoms. The minimum Gasteiger partial charge on any atom is -0.508 e. The Bertz CT molecular complexity index is 406. The van der Waals surface area contributed by atoms with Gasteiger partial charge in [-0.25, -0.2) is 0 Å². The number of carboxylic acids is 1. The van der Waals surface area contributed by atoms with Crippen LogP contribution in [0.15, 0.2) is 12.1 Å². The highest BCUT2D eigenvalue weighted by Crippen LogP contribution is 2.32. The number of halogens is 1. The molecule has 4 N–H and O–H groups in total. The van der Waals surface area contributed by atoms with Gasteiger partial charge in [-0.2, -0.15) is 0 Å². The lowest BCUT2D eigenvalue weighted by Gasteiger charge is -2.16. The molecule has 0 amide bonds. The normalized spacial score (nSPS) is 12.4. The van der Waals surface area contributed by atoms with E-state index in [0.717, 1.165) is 0 Å². The minimum atomic E-state index is -0.937. The van der Waals surface area contributed by atoms with E-state index in [-0.39, 0.29) is 24.6 Å². The zero-order valence-electron chi connectivity index (χ0n) is 8.90. The van der Waals surface area contributed by atoms with Gasteiger partial charge in [0.15, 0.2) is 0 Å². The number of hydrogen-bond donors (Lipinski definition) is 3. The van der Waals surface area contributed by atoms with E-state index in [4.69, 9.17) is 22.4 Å². The van der Waals surface area contributed by atoms with E-state index in [2.05, 4.69) is 0 Å². The highest BCUT2D eigenvalue weighted by atomic mass is 35.5. The van der Waals surface area contributed by atoms with Gasteiger partial charge in [0, 0.05) is 10.9 Å². The van der Waals surface area contributed by atoms with E-state index in [1.165, 1.54) is 12.1 Å². The number of carbonyl (C=O) groups is 1. The molecule has 0 heterocycles. The van der Waals surface area contributed by atoms with Crippen molar-refractivity contribution in [2.24, 2.45) is 5.73 Å². The molecule has 0 bridgehead atoms. The molecule has 0 radical (unpaired) electrons. The van der Waals surface area contributed by atoms with Crippen molar-refractivity contribution in [1.82, 2.24) is 0 Å². The van der Waals surface area contributed by atoms with Gasteiger partial charge in [-0.3, -0.25) is 4.79 Å². The molecular formula is C11H14ClNO3. The smallest absolute Gasteiger partial charge is 0.304 e. The van der Waals surface area contributed by atoms with Crippen molar-refractivity contribution in [1.29, 1.82) is 0 Å². The zero-order valence-corrected chi connectivity index (χ0v) is 9.66. The lowest BCUT2D eigenvalue weighted by molar-refractivity contribution is -0.137. The van der Waals surface area contributed by atoms with Gasteiger partial charge >= 0.3 is 5.97 Å². The maximum Gasteiger partial charge on any atom is 0.304 e. The van der Waals surface area contributed by atoms with Crippen molar-refractivity contribution < 1.29 is 15.0 Å². The van der Waals surface area contributed by atoms with Gasteiger partial charge in [0.05, 0.1) is 6.42 Å². The maximum atomic E-state index is 10.7. The standard InChI is InChI=1S/C11H14ClNO3/c1-6-2-8(14)4-9(11(6)12)7(5-13)3-10(15)16/h2,4,7,14H,3,5,13H2,1H3,(H,15,16).